The number of hydrogen-bond donors (Lipinski definition) is 1. The maximum Gasteiger partial charge on any atom is 0.335 e. The molecule has 16 heavy (non-hydrogen) atoms. The van der Waals surface area contributed by atoms with Crippen molar-refractivity contribution >= 4 is 5.97 Å². The molecule has 1 aromatic carbocycles. The predicted octanol–water partition coefficient (Wildman–Crippen LogP) is 2.05. The van der Waals surface area contributed by atoms with E-state index in [0.29, 0.717) is 11.7 Å². The normalized spacial score (nSPS) is 10.4. The second-order valence-corrected chi connectivity index (χ2v) is 3.47. The Morgan fingerprint density at radius 2 is 2.12 bits per heavy atom. The number of carbonyl (C=O) groups is 1. The van der Waals surface area contributed by atoms with Gasteiger partial charge in [0.1, 0.15) is 0 Å². The molecule has 0 fully saturated rings. The van der Waals surface area contributed by atoms with Crippen LogP contribution in [-0.2, 0) is 0 Å². The molecule has 0 aliphatic carbocycles. The standard InChI is InChI=1S/C11H10N2O3/c1-6-5-8(11(14)15)3-4-9(6)10-12-7(2)16-13-10/h3-5H,1-2H3,(H,14,15). The fraction of sp³-hybridized carbons (Fsp3) is 0.182. The summed E-state index contributed by atoms with van der Waals surface area (Å²) in [5, 5.41) is 12.6. The number of nitrogens with zero attached hydrogens (tertiary/aromatic N) is 2. The van der Waals surface area contributed by atoms with Crippen molar-refractivity contribution in [2.24, 2.45) is 0 Å². The lowest BCUT2D eigenvalue weighted by Gasteiger charge is -2.01. The van der Waals surface area contributed by atoms with Crippen molar-refractivity contribution in [2.45, 2.75) is 13.8 Å². The third-order valence-corrected chi connectivity index (χ3v) is 2.24. The minimum atomic E-state index is -0.945. The summed E-state index contributed by atoms with van der Waals surface area (Å²) in [6.45, 7) is 3.52. The molecule has 5 heteroatoms. The summed E-state index contributed by atoms with van der Waals surface area (Å²) in [6.07, 6.45) is 0. The van der Waals surface area contributed by atoms with Gasteiger partial charge in [-0.25, -0.2) is 4.79 Å². The summed E-state index contributed by atoms with van der Waals surface area (Å²) < 4.78 is 4.87. The van der Waals surface area contributed by atoms with Gasteiger partial charge >= 0.3 is 5.97 Å². The van der Waals surface area contributed by atoms with Crippen LogP contribution in [0.2, 0.25) is 0 Å². The van der Waals surface area contributed by atoms with Gasteiger partial charge in [-0.3, -0.25) is 0 Å². The number of carboxylic acids is 1. The van der Waals surface area contributed by atoms with Gasteiger partial charge in [0.05, 0.1) is 5.56 Å². The van der Waals surface area contributed by atoms with Gasteiger partial charge in [0.25, 0.3) is 0 Å². The number of aromatic nitrogens is 2. The van der Waals surface area contributed by atoms with Crippen molar-refractivity contribution in [3.8, 4) is 11.4 Å². The van der Waals surface area contributed by atoms with Crippen LogP contribution in [0.5, 0.6) is 0 Å². The van der Waals surface area contributed by atoms with E-state index in [-0.39, 0.29) is 5.56 Å². The molecule has 1 N–H and O–H groups in total. The lowest BCUT2D eigenvalue weighted by molar-refractivity contribution is 0.0697. The maximum absolute atomic E-state index is 10.8. The molecule has 0 spiro atoms. The number of benzene rings is 1. The Bertz CT molecular complexity index is 546. The molecule has 0 aliphatic heterocycles. The number of carboxylic acid groups (broad SMARTS) is 1. The fourth-order valence-electron chi connectivity index (χ4n) is 1.46. The van der Waals surface area contributed by atoms with Gasteiger partial charge in [-0.1, -0.05) is 5.16 Å². The van der Waals surface area contributed by atoms with Crippen molar-refractivity contribution in [2.75, 3.05) is 0 Å². The summed E-state index contributed by atoms with van der Waals surface area (Å²) in [6, 6.07) is 4.79. The molecular weight excluding hydrogens is 208 g/mol. The highest BCUT2D eigenvalue weighted by molar-refractivity contribution is 5.88. The Labute approximate surface area is 91.7 Å². The zero-order valence-corrected chi connectivity index (χ0v) is 8.89. The molecule has 5 nitrogen and oxygen atoms in total. The molecule has 0 radical (unpaired) electrons. The third kappa shape index (κ3) is 1.79. The lowest BCUT2D eigenvalue weighted by atomic mass is 10.0. The molecule has 82 valence electrons. The van der Waals surface area contributed by atoms with Crippen LogP contribution in [0.15, 0.2) is 22.7 Å². The average Bonchev–Trinajstić information content (AvgIpc) is 2.64. The monoisotopic (exact) mass is 218 g/mol. The van der Waals surface area contributed by atoms with Gasteiger partial charge in [-0.05, 0) is 30.7 Å². The molecule has 0 unspecified atom stereocenters. The van der Waals surface area contributed by atoms with Gasteiger partial charge < -0.3 is 9.63 Å². The quantitative estimate of drug-likeness (QED) is 0.834. The third-order valence-electron chi connectivity index (χ3n) is 2.24. The Morgan fingerprint density at radius 1 is 1.38 bits per heavy atom. The van der Waals surface area contributed by atoms with Gasteiger partial charge in [0.15, 0.2) is 0 Å². The van der Waals surface area contributed by atoms with E-state index in [1.807, 2.05) is 6.92 Å². The summed E-state index contributed by atoms with van der Waals surface area (Å²) in [5.41, 5.74) is 1.84. The summed E-state index contributed by atoms with van der Waals surface area (Å²) in [7, 11) is 0. The molecule has 0 bridgehead atoms. The molecule has 0 amide bonds. The van der Waals surface area contributed by atoms with Gasteiger partial charge in [-0.2, -0.15) is 4.98 Å². The zero-order chi connectivity index (χ0) is 11.7. The predicted molar refractivity (Wildman–Crippen MR) is 56.2 cm³/mol. The number of rotatable bonds is 2. The zero-order valence-electron chi connectivity index (χ0n) is 8.89. The van der Waals surface area contributed by atoms with E-state index in [1.165, 1.54) is 6.07 Å². The maximum atomic E-state index is 10.8. The molecule has 0 saturated heterocycles. The Balaban J connectivity index is 2.47. The molecule has 0 atom stereocenters. The van der Waals surface area contributed by atoms with E-state index in [0.717, 1.165) is 11.1 Å². The van der Waals surface area contributed by atoms with Crippen LogP contribution >= 0.6 is 0 Å². The molecule has 0 aliphatic rings. The van der Waals surface area contributed by atoms with Crippen molar-refractivity contribution in [3.05, 3.63) is 35.2 Å². The number of hydrogen-bond acceptors (Lipinski definition) is 4. The molecule has 1 aromatic heterocycles. The number of aryl methyl sites for hydroxylation is 2. The minimum Gasteiger partial charge on any atom is -0.478 e. The van der Waals surface area contributed by atoms with E-state index in [9.17, 15) is 4.79 Å². The van der Waals surface area contributed by atoms with E-state index in [2.05, 4.69) is 10.1 Å². The number of aromatic carboxylic acids is 1. The summed E-state index contributed by atoms with van der Waals surface area (Å²) in [4.78, 5) is 14.8. The second kappa shape index (κ2) is 3.77. The van der Waals surface area contributed by atoms with E-state index < -0.39 is 5.97 Å². The highest BCUT2D eigenvalue weighted by Crippen LogP contribution is 2.21. The van der Waals surface area contributed by atoms with Crippen LogP contribution in [-0.4, -0.2) is 21.2 Å². The van der Waals surface area contributed by atoms with Gasteiger partial charge in [0, 0.05) is 12.5 Å². The molecule has 2 aromatic rings. The SMILES string of the molecule is Cc1nc(-c2ccc(C(=O)O)cc2C)no1. The second-order valence-electron chi connectivity index (χ2n) is 3.47. The van der Waals surface area contributed by atoms with Crippen molar-refractivity contribution in [3.63, 3.8) is 0 Å². The van der Waals surface area contributed by atoms with Crippen LogP contribution in [0.25, 0.3) is 11.4 Å². The first-order valence-electron chi connectivity index (χ1n) is 4.72. The van der Waals surface area contributed by atoms with E-state index in [1.54, 1.807) is 19.1 Å². The van der Waals surface area contributed by atoms with E-state index >= 15 is 0 Å². The van der Waals surface area contributed by atoms with Crippen LogP contribution in [0.3, 0.4) is 0 Å². The highest BCUT2D eigenvalue weighted by atomic mass is 16.5. The summed E-state index contributed by atoms with van der Waals surface area (Å²) in [5.74, 6) is 0.0163. The Kier molecular flexibility index (Phi) is 2.44. The van der Waals surface area contributed by atoms with Crippen LogP contribution < -0.4 is 0 Å². The van der Waals surface area contributed by atoms with Crippen LogP contribution in [0, 0.1) is 13.8 Å². The molecule has 2 rings (SSSR count). The van der Waals surface area contributed by atoms with Crippen molar-refractivity contribution in [1.29, 1.82) is 0 Å². The smallest absolute Gasteiger partial charge is 0.335 e. The fourth-order valence-corrected chi connectivity index (χ4v) is 1.46. The first-order valence-corrected chi connectivity index (χ1v) is 4.72. The lowest BCUT2D eigenvalue weighted by Crippen LogP contribution is -1.97. The van der Waals surface area contributed by atoms with Crippen LogP contribution in [0.4, 0.5) is 0 Å². The van der Waals surface area contributed by atoms with Gasteiger partial charge in [0.2, 0.25) is 11.7 Å². The largest absolute Gasteiger partial charge is 0.478 e. The van der Waals surface area contributed by atoms with Gasteiger partial charge in [-0.15, -0.1) is 0 Å². The van der Waals surface area contributed by atoms with Crippen molar-refractivity contribution in [1.82, 2.24) is 10.1 Å². The van der Waals surface area contributed by atoms with E-state index in [4.69, 9.17) is 9.63 Å². The minimum absolute atomic E-state index is 0.251. The Hall–Kier alpha value is -2.17. The van der Waals surface area contributed by atoms with Crippen molar-refractivity contribution < 1.29 is 14.4 Å². The molecule has 0 saturated carbocycles. The first-order chi connectivity index (χ1) is 7.58. The van der Waals surface area contributed by atoms with Crippen LogP contribution in [0.1, 0.15) is 21.8 Å². The molecular formula is C11H10N2O3. The Morgan fingerprint density at radius 3 is 2.62 bits per heavy atom. The highest BCUT2D eigenvalue weighted by Gasteiger charge is 2.11. The molecule has 1 heterocycles. The topological polar surface area (TPSA) is 76.2 Å². The average molecular weight is 218 g/mol. The summed E-state index contributed by atoms with van der Waals surface area (Å²) >= 11 is 0. The first kappa shape index (κ1) is 10.4.